The van der Waals surface area contributed by atoms with E-state index in [1.165, 1.54) is 13.2 Å². The van der Waals surface area contributed by atoms with Gasteiger partial charge in [-0.1, -0.05) is 11.6 Å². The Labute approximate surface area is 120 Å². The van der Waals surface area contributed by atoms with Gasteiger partial charge >= 0.3 is 5.97 Å². The lowest BCUT2D eigenvalue weighted by atomic mass is 10.2. The summed E-state index contributed by atoms with van der Waals surface area (Å²) < 4.78 is 11.6. The molecule has 0 aliphatic heterocycles. The summed E-state index contributed by atoms with van der Waals surface area (Å²) in [6, 6.07) is 4.58. The number of methoxy groups -OCH3 is 1. The number of fused-ring (bicyclic) bond motifs is 1. The summed E-state index contributed by atoms with van der Waals surface area (Å²) in [5.74, 6) is 0.0505. The SMILES string of the molecule is CCOC(=O)Cn1ccc(=O)c2cc(OC)c(Cl)cc21. The van der Waals surface area contributed by atoms with E-state index in [9.17, 15) is 9.59 Å². The average Bonchev–Trinajstić information content (AvgIpc) is 2.42. The number of rotatable bonds is 4. The summed E-state index contributed by atoms with van der Waals surface area (Å²) in [5.41, 5.74) is 0.409. The molecule has 0 spiro atoms. The van der Waals surface area contributed by atoms with E-state index in [2.05, 4.69) is 0 Å². The maximum atomic E-state index is 11.9. The third-order valence-corrected chi connectivity index (χ3v) is 3.15. The molecule has 1 aromatic carbocycles. The van der Waals surface area contributed by atoms with E-state index in [0.717, 1.165) is 0 Å². The molecule has 5 nitrogen and oxygen atoms in total. The van der Waals surface area contributed by atoms with E-state index < -0.39 is 0 Å². The molecule has 0 bridgehead atoms. The Morgan fingerprint density at radius 3 is 2.80 bits per heavy atom. The summed E-state index contributed by atoms with van der Waals surface area (Å²) in [5, 5.41) is 0.821. The van der Waals surface area contributed by atoms with E-state index in [4.69, 9.17) is 21.1 Å². The lowest BCUT2D eigenvalue weighted by Crippen LogP contribution is -2.16. The first-order valence-electron chi connectivity index (χ1n) is 6.09. The van der Waals surface area contributed by atoms with E-state index in [-0.39, 0.29) is 17.9 Å². The number of hydrogen-bond acceptors (Lipinski definition) is 4. The van der Waals surface area contributed by atoms with E-state index >= 15 is 0 Å². The molecule has 0 fully saturated rings. The molecule has 1 heterocycles. The predicted molar refractivity (Wildman–Crippen MR) is 76.4 cm³/mol. The Morgan fingerprint density at radius 2 is 2.15 bits per heavy atom. The third kappa shape index (κ3) is 2.77. The first-order chi connectivity index (χ1) is 9.56. The van der Waals surface area contributed by atoms with E-state index in [0.29, 0.717) is 28.3 Å². The number of carbonyl (C=O) groups excluding carboxylic acids is 1. The molecule has 0 aliphatic rings. The van der Waals surface area contributed by atoms with E-state index in [1.807, 2.05) is 0 Å². The van der Waals surface area contributed by atoms with Gasteiger partial charge in [0.05, 0.1) is 24.3 Å². The van der Waals surface area contributed by atoms with E-state index in [1.54, 1.807) is 29.8 Å². The van der Waals surface area contributed by atoms with Gasteiger partial charge in [-0.05, 0) is 19.1 Å². The Bertz CT molecular complexity index is 708. The van der Waals surface area contributed by atoms with Crippen LogP contribution >= 0.6 is 11.6 Å². The van der Waals surface area contributed by atoms with Crippen molar-refractivity contribution in [1.29, 1.82) is 0 Å². The van der Waals surface area contributed by atoms with Gasteiger partial charge in [0.15, 0.2) is 5.43 Å². The molecular formula is C14H14ClNO4. The molecule has 6 heteroatoms. The van der Waals surface area contributed by atoms with Gasteiger partial charge in [0.2, 0.25) is 0 Å². The standard InChI is InChI=1S/C14H14ClNO4/c1-3-20-14(18)8-16-5-4-12(17)9-6-13(19-2)10(15)7-11(9)16/h4-7H,3,8H2,1-2H3. The van der Waals surface area contributed by atoms with Gasteiger partial charge in [-0.2, -0.15) is 0 Å². The summed E-state index contributed by atoms with van der Waals surface area (Å²) in [6.45, 7) is 2.07. The monoisotopic (exact) mass is 295 g/mol. The zero-order valence-electron chi connectivity index (χ0n) is 11.2. The molecule has 0 saturated carbocycles. The second-order valence-corrected chi connectivity index (χ2v) is 4.52. The van der Waals surface area contributed by atoms with Crippen molar-refractivity contribution in [2.45, 2.75) is 13.5 Å². The fourth-order valence-corrected chi connectivity index (χ4v) is 2.18. The number of ether oxygens (including phenoxy) is 2. The normalized spacial score (nSPS) is 10.6. The quantitative estimate of drug-likeness (QED) is 0.812. The number of benzene rings is 1. The highest BCUT2D eigenvalue weighted by atomic mass is 35.5. The molecule has 0 unspecified atom stereocenters. The number of pyridine rings is 1. The number of halogens is 1. The van der Waals surface area contributed by atoms with Crippen LogP contribution in [0.4, 0.5) is 0 Å². The van der Waals surface area contributed by atoms with Crippen molar-refractivity contribution in [3.63, 3.8) is 0 Å². The fraction of sp³-hybridized carbons (Fsp3) is 0.286. The number of nitrogens with zero attached hydrogens (tertiary/aromatic N) is 1. The van der Waals surface area contributed by atoms with Gasteiger partial charge in [-0.25, -0.2) is 0 Å². The van der Waals surface area contributed by atoms with Crippen molar-refractivity contribution in [3.05, 3.63) is 39.6 Å². The minimum absolute atomic E-state index is 0.0211. The van der Waals surface area contributed by atoms with Crippen LogP contribution in [0.3, 0.4) is 0 Å². The first-order valence-corrected chi connectivity index (χ1v) is 6.47. The molecule has 20 heavy (non-hydrogen) atoms. The van der Waals surface area contributed by atoms with Crippen LogP contribution in [0.2, 0.25) is 5.02 Å². The lowest BCUT2D eigenvalue weighted by molar-refractivity contribution is -0.143. The fourth-order valence-electron chi connectivity index (χ4n) is 1.95. The number of esters is 1. The average molecular weight is 296 g/mol. The van der Waals surface area contributed by atoms with Crippen LogP contribution in [0.1, 0.15) is 6.92 Å². The summed E-state index contributed by atoms with van der Waals surface area (Å²) in [7, 11) is 1.48. The lowest BCUT2D eigenvalue weighted by Gasteiger charge is -2.12. The summed E-state index contributed by atoms with van der Waals surface area (Å²) in [6.07, 6.45) is 1.55. The van der Waals surface area contributed by atoms with Crippen molar-refractivity contribution < 1.29 is 14.3 Å². The van der Waals surface area contributed by atoms with Crippen LogP contribution in [0.25, 0.3) is 10.9 Å². The zero-order chi connectivity index (χ0) is 14.7. The minimum Gasteiger partial charge on any atom is -0.495 e. The molecule has 0 aliphatic carbocycles. The number of aromatic nitrogens is 1. The Hall–Kier alpha value is -2.01. The minimum atomic E-state index is -0.371. The highest BCUT2D eigenvalue weighted by Gasteiger charge is 2.11. The molecule has 0 N–H and O–H groups in total. The van der Waals surface area contributed by atoms with Crippen LogP contribution in [-0.4, -0.2) is 24.3 Å². The van der Waals surface area contributed by atoms with Gasteiger partial charge in [0.1, 0.15) is 12.3 Å². The van der Waals surface area contributed by atoms with Gasteiger partial charge in [0, 0.05) is 17.6 Å². The second kappa shape index (κ2) is 5.96. The van der Waals surface area contributed by atoms with Crippen molar-refractivity contribution >= 4 is 28.5 Å². The summed E-state index contributed by atoms with van der Waals surface area (Å²) in [4.78, 5) is 23.5. The van der Waals surface area contributed by atoms with Crippen LogP contribution in [0, 0.1) is 0 Å². The number of carbonyl (C=O) groups is 1. The highest BCUT2D eigenvalue weighted by Crippen LogP contribution is 2.28. The topological polar surface area (TPSA) is 57.5 Å². The highest BCUT2D eigenvalue weighted by molar-refractivity contribution is 6.32. The second-order valence-electron chi connectivity index (χ2n) is 4.12. The predicted octanol–water partition coefficient (Wildman–Crippen LogP) is 2.23. The first kappa shape index (κ1) is 14.4. The maximum Gasteiger partial charge on any atom is 0.325 e. The van der Waals surface area contributed by atoms with Crippen molar-refractivity contribution in [2.75, 3.05) is 13.7 Å². The van der Waals surface area contributed by atoms with Crippen molar-refractivity contribution in [1.82, 2.24) is 4.57 Å². The van der Waals surface area contributed by atoms with Crippen LogP contribution in [0.15, 0.2) is 29.2 Å². The van der Waals surface area contributed by atoms with Gasteiger partial charge in [-0.15, -0.1) is 0 Å². The Kier molecular flexibility index (Phi) is 4.29. The van der Waals surface area contributed by atoms with Crippen LogP contribution < -0.4 is 10.2 Å². The molecule has 2 rings (SSSR count). The Morgan fingerprint density at radius 1 is 1.40 bits per heavy atom. The molecule has 0 amide bonds. The van der Waals surface area contributed by atoms with Gasteiger partial charge in [0.25, 0.3) is 0 Å². The smallest absolute Gasteiger partial charge is 0.325 e. The largest absolute Gasteiger partial charge is 0.495 e. The zero-order valence-corrected chi connectivity index (χ0v) is 11.9. The third-order valence-electron chi connectivity index (χ3n) is 2.86. The van der Waals surface area contributed by atoms with Gasteiger partial charge < -0.3 is 14.0 Å². The molecule has 0 atom stereocenters. The van der Waals surface area contributed by atoms with Gasteiger partial charge in [-0.3, -0.25) is 9.59 Å². The van der Waals surface area contributed by atoms with Crippen molar-refractivity contribution in [2.24, 2.45) is 0 Å². The van der Waals surface area contributed by atoms with Crippen LogP contribution in [0.5, 0.6) is 5.75 Å². The Balaban J connectivity index is 2.57. The molecule has 106 valence electrons. The summed E-state index contributed by atoms with van der Waals surface area (Å²) >= 11 is 6.07. The molecule has 1 aromatic heterocycles. The molecule has 0 radical (unpaired) electrons. The maximum absolute atomic E-state index is 11.9. The van der Waals surface area contributed by atoms with Crippen LogP contribution in [-0.2, 0) is 16.1 Å². The molecule has 0 saturated heterocycles. The van der Waals surface area contributed by atoms with Crippen molar-refractivity contribution in [3.8, 4) is 5.75 Å². The molecular weight excluding hydrogens is 282 g/mol. The number of hydrogen-bond donors (Lipinski definition) is 0. The molecule has 2 aromatic rings.